The fourth-order valence-electron chi connectivity index (χ4n) is 1.97. The number of thiazole rings is 1. The predicted molar refractivity (Wildman–Crippen MR) is 79.0 cm³/mol. The Labute approximate surface area is 113 Å². The van der Waals surface area contributed by atoms with E-state index in [0.717, 1.165) is 23.5 Å². The van der Waals surface area contributed by atoms with Crippen LogP contribution in [0.5, 0.6) is 0 Å². The minimum atomic E-state index is 0.247. The molecule has 0 aliphatic heterocycles. The highest BCUT2D eigenvalue weighted by molar-refractivity contribution is 7.13. The molecule has 18 heavy (non-hydrogen) atoms. The zero-order valence-electron chi connectivity index (χ0n) is 11.2. The Kier molecular flexibility index (Phi) is 4.15. The van der Waals surface area contributed by atoms with Gasteiger partial charge in [0.2, 0.25) is 0 Å². The molecule has 1 unspecified atom stereocenters. The van der Waals surface area contributed by atoms with Crippen molar-refractivity contribution >= 4 is 11.3 Å². The summed E-state index contributed by atoms with van der Waals surface area (Å²) >= 11 is 1.72. The second-order valence-corrected chi connectivity index (χ2v) is 5.84. The van der Waals surface area contributed by atoms with Crippen molar-refractivity contribution in [2.24, 2.45) is 5.73 Å². The van der Waals surface area contributed by atoms with Gasteiger partial charge < -0.3 is 5.73 Å². The van der Waals surface area contributed by atoms with Crippen LogP contribution in [0.3, 0.4) is 0 Å². The summed E-state index contributed by atoms with van der Waals surface area (Å²) in [5.74, 6) is 0. The Morgan fingerprint density at radius 1 is 1.33 bits per heavy atom. The van der Waals surface area contributed by atoms with Gasteiger partial charge in [-0.15, -0.1) is 11.3 Å². The Morgan fingerprint density at radius 3 is 2.78 bits per heavy atom. The van der Waals surface area contributed by atoms with E-state index < -0.39 is 0 Å². The second-order valence-electron chi connectivity index (χ2n) is 4.98. The summed E-state index contributed by atoms with van der Waals surface area (Å²) in [5, 5.41) is 3.27. The molecule has 2 aromatic rings. The lowest BCUT2D eigenvalue weighted by atomic mass is 10.1. The third kappa shape index (κ3) is 3.18. The number of aryl methyl sites for hydroxylation is 3. The molecule has 0 bridgehead atoms. The zero-order valence-corrected chi connectivity index (χ0v) is 12.1. The second kappa shape index (κ2) is 5.63. The maximum atomic E-state index is 5.77. The molecule has 0 aliphatic carbocycles. The lowest BCUT2D eigenvalue weighted by Gasteiger charge is -2.03. The third-order valence-corrected chi connectivity index (χ3v) is 3.94. The van der Waals surface area contributed by atoms with E-state index >= 15 is 0 Å². The lowest BCUT2D eigenvalue weighted by Crippen LogP contribution is -2.15. The Balaban J connectivity index is 2.18. The molecule has 0 saturated heterocycles. The van der Waals surface area contributed by atoms with E-state index in [1.54, 1.807) is 11.3 Å². The summed E-state index contributed by atoms with van der Waals surface area (Å²) in [6.07, 6.45) is 1.97. The van der Waals surface area contributed by atoms with Crippen molar-refractivity contribution in [1.29, 1.82) is 0 Å². The van der Waals surface area contributed by atoms with Crippen LogP contribution in [0, 0.1) is 13.8 Å². The molecule has 2 N–H and O–H groups in total. The van der Waals surface area contributed by atoms with Gasteiger partial charge in [-0.3, -0.25) is 0 Å². The molecule has 1 heterocycles. The van der Waals surface area contributed by atoms with Crippen LogP contribution in [0.25, 0.3) is 10.6 Å². The van der Waals surface area contributed by atoms with E-state index in [1.807, 2.05) is 6.92 Å². The molecular weight excluding hydrogens is 240 g/mol. The van der Waals surface area contributed by atoms with Crippen molar-refractivity contribution in [3.05, 3.63) is 40.4 Å². The number of rotatable bonds is 4. The van der Waals surface area contributed by atoms with E-state index in [2.05, 4.69) is 37.4 Å². The predicted octanol–water partition coefficient (Wildman–Crippen LogP) is 3.71. The number of benzene rings is 1. The maximum Gasteiger partial charge on any atom is 0.123 e. The van der Waals surface area contributed by atoms with E-state index in [0.29, 0.717) is 0 Å². The van der Waals surface area contributed by atoms with E-state index in [1.165, 1.54) is 16.7 Å². The monoisotopic (exact) mass is 260 g/mol. The molecule has 2 nitrogen and oxygen atoms in total. The summed E-state index contributed by atoms with van der Waals surface area (Å²) in [4.78, 5) is 4.71. The molecule has 1 aromatic heterocycles. The fourth-order valence-corrected chi connectivity index (χ4v) is 2.92. The van der Waals surface area contributed by atoms with Gasteiger partial charge in [0.1, 0.15) is 5.01 Å². The highest BCUT2D eigenvalue weighted by atomic mass is 32.1. The van der Waals surface area contributed by atoms with Gasteiger partial charge in [0.05, 0.1) is 5.69 Å². The third-order valence-electron chi connectivity index (χ3n) is 3.02. The van der Waals surface area contributed by atoms with Crippen molar-refractivity contribution in [2.45, 2.75) is 39.7 Å². The average Bonchev–Trinajstić information content (AvgIpc) is 2.75. The quantitative estimate of drug-likeness (QED) is 0.910. The molecule has 0 fully saturated rings. The molecule has 0 amide bonds. The molecule has 1 aromatic carbocycles. The minimum absolute atomic E-state index is 0.247. The van der Waals surface area contributed by atoms with Crippen molar-refractivity contribution in [2.75, 3.05) is 0 Å². The molecular formula is C15H20N2S. The summed E-state index contributed by atoms with van der Waals surface area (Å²) in [5.41, 5.74) is 10.8. The van der Waals surface area contributed by atoms with Gasteiger partial charge in [-0.05, 0) is 39.2 Å². The molecule has 0 aliphatic rings. The number of nitrogens with zero attached hydrogens (tertiary/aromatic N) is 1. The number of hydrogen-bond acceptors (Lipinski definition) is 3. The standard InChI is InChI=1S/C15H20N2S/c1-10-4-7-14(11(2)8-10)15-17-13(9-18-15)6-5-12(3)16/h4,7-9,12H,5-6,16H2,1-3H3. The number of aromatic nitrogens is 1. The summed E-state index contributed by atoms with van der Waals surface area (Å²) < 4.78 is 0. The van der Waals surface area contributed by atoms with Crippen LogP contribution < -0.4 is 5.73 Å². The number of nitrogens with two attached hydrogens (primary N) is 1. The molecule has 0 saturated carbocycles. The van der Waals surface area contributed by atoms with Gasteiger partial charge in [0.25, 0.3) is 0 Å². The Bertz CT molecular complexity index is 529. The van der Waals surface area contributed by atoms with Gasteiger partial charge in [-0.25, -0.2) is 4.98 Å². The first-order valence-corrected chi connectivity index (χ1v) is 7.22. The minimum Gasteiger partial charge on any atom is -0.328 e. The summed E-state index contributed by atoms with van der Waals surface area (Å²) in [6, 6.07) is 6.76. The van der Waals surface area contributed by atoms with Gasteiger partial charge in [0.15, 0.2) is 0 Å². The maximum absolute atomic E-state index is 5.77. The highest BCUT2D eigenvalue weighted by Gasteiger charge is 2.08. The first-order chi connectivity index (χ1) is 8.56. The SMILES string of the molecule is Cc1ccc(-c2nc(CCC(C)N)cs2)c(C)c1. The number of hydrogen-bond donors (Lipinski definition) is 1. The molecule has 2 rings (SSSR count). The first kappa shape index (κ1) is 13.2. The van der Waals surface area contributed by atoms with Gasteiger partial charge >= 0.3 is 0 Å². The average molecular weight is 260 g/mol. The highest BCUT2D eigenvalue weighted by Crippen LogP contribution is 2.27. The van der Waals surface area contributed by atoms with Crippen LogP contribution in [0.1, 0.15) is 30.2 Å². The van der Waals surface area contributed by atoms with Crippen LogP contribution in [0.4, 0.5) is 0 Å². The molecule has 0 radical (unpaired) electrons. The Hall–Kier alpha value is -1.19. The van der Waals surface area contributed by atoms with Crippen LogP contribution in [0.15, 0.2) is 23.6 Å². The Morgan fingerprint density at radius 2 is 2.11 bits per heavy atom. The van der Waals surface area contributed by atoms with Crippen LogP contribution in [-0.2, 0) is 6.42 Å². The van der Waals surface area contributed by atoms with Gasteiger partial charge in [-0.2, -0.15) is 0 Å². The van der Waals surface area contributed by atoms with Gasteiger partial charge in [-0.1, -0.05) is 23.8 Å². The molecule has 96 valence electrons. The van der Waals surface area contributed by atoms with Crippen LogP contribution in [0.2, 0.25) is 0 Å². The normalized spacial score (nSPS) is 12.7. The largest absolute Gasteiger partial charge is 0.328 e. The summed E-state index contributed by atoms with van der Waals surface area (Å²) in [6.45, 7) is 6.30. The topological polar surface area (TPSA) is 38.9 Å². The van der Waals surface area contributed by atoms with E-state index in [9.17, 15) is 0 Å². The van der Waals surface area contributed by atoms with Crippen molar-refractivity contribution < 1.29 is 0 Å². The zero-order chi connectivity index (χ0) is 13.1. The lowest BCUT2D eigenvalue weighted by molar-refractivity contribution is 0.660. The first-order valence-electron chi connectivity index (χ1n) is 6.34. The van der Waals surface area contributed by atoms with E-state index in [4.69, 9.17) is 10.7 Å². The molecule has 1 atom stereocenters. The van der Waals surface area contributed by atoms with Crippen molar-refractivity contribution in [3.8, 4) is 10.6 Å². The van der Waals surface area contributed by atoms with Crippen LogP contribution >= 0.6 is 11.3 Å². The van der Waals surface area contributed by atoms with Crippen molar-refractivity contribution in [3.63, 3.8) is 0 Å². The van der Waals surface area contributed by atoms with Crippen molar-refractivity contribution in [1.82, 2.24) is 4.98 Å². The molecule has 3 heteroatoms. The molecule has 0 spiro atoms. The van der Waals surface area contributed by atoms with E-state index in [-0.39, 0.29) is 6.04 Å². The summed E-state index contributed by atoms with van der Waals surface area (Å²) in [7, 11) is 0. The van der Waals surface area contributed by atoms with Gasteiger partial charge in [0, 0.05) is 17.0 Å². The van der Waals surface area contributed by atoms with Crippen LogP contribution in [-0.4, -0.2) is 11.0 Å². The fraction of sp³-hybridized carbons (Fsp3) is 0.400. The smallest absolute Gasteiger partial charge is 0.123 e.